The van der Waals surface area contributed by atoms with Crippen molar-refractivity contribution in [3.8, 4) is 5.75 Å². The lowest BCUT2D eigenvalue weighted by molar-refractivity contribution is 0.0691. The van der Waals surface area contributed by atoms with Gasteiger partial charge in [0, 0.05) is 10.1 Å². The molecular formula is C14H18INO3. The summed E-state index contributed by atoms with van der Waals surface area (Å²) >= 11 is 2.12. The molecule has 1 heterocycles. The standard InChI is InChI=1S/C14H18INO3/c1-10-8-11(15)9-12(14(17)18)13(10)19-7-6-16-4-2-3-5-16/h8-9H,2-7H2,1H3,(H,17,18). The van der Waals surface area contributed by atoms with Gasteiger partial charge in [-0.2, -0.15) is 0 Å². The van der Waals surface area contributed by atoms with E-state index in [4.69, 9.17) is 4.74 Å². The summed E-state index contributed by atoms with van der Waals surface area (Å²) in [5.41, 5.74) is 1.14. The smallest absolute Gasteiger partial charge is 0.339 e. The molecule has 1 aromatic carbocycles. The van der Waals surface area contributed by atoms with Gasteiger partial charge in [0.25, 0.3) is 0 Å². The van der Waals surface area contributed by atoms with Gasteiger partial charge in [-0.25, -0.2) is 4.79 Å². The third-order valence-electron chi connectivity index (χ3n) is 3.32. The van der Waals surface area contributed by atoms with E-state index in [9.17, 15) is 9.90 Å². The highest BCUT2D eigenvalue weighted by molar-refractivity contribution is 14.1. The lowest BCUT2D eigenvalue weighted by atomic mass is 10.1. The van der Waals surface area contributed by atoms with Gasteiger partial charge in [0.1, 0.15) is 17.9 Å². The van der Waals surface area contributed by atoms with Crippen molar-refractivity contribution >= 4 is 28.6 Å². The summed E-state index contributed by atoms with van der Waals surface area (Å²) in [6.07, 6.45) is 2.51. The largest absolute Gasteiger partial charge is 0.491 e. The molecule has 0 aliphatic carbocycles. The molecule has 0 radical (unpaired) electrons. The second-order valence-electron chi connectivity index (χ2n) is 4.80. The van der Waals surface area contributed by atoms with E-state index in [1.807, 2.05) is 13.0 Å². The molecular weight excluding hydrogens is 357 g/mol. The average molecular weight is 375 g/mol. The van der Waals surface area contributed by atoms with Crippen molar-refractivity contribution in [3.05, 3.63) is 26.8 Å². The normalized spacial score (nSPS) is 15.7. The minimum absolute atomic E-state index is 0.255. The first-order chi connectivity index (χ1) is 9.08. The maximum atomic E-state index is 11.3. The van der Waals surface area contributed by atoms with Crippen molar-refractivity contribution in [2.75, 3.05) is 26.2 Å². The number of likely N-dealkylation sites (tertiary alicyclic amines) is 1. The molecule has 104 valence electrons. The quantitative estimate of drug-likeness (QED) is 0.805. The number of carboxylic acids is 1. The molecule has 4 nitrogen and oxygen atoms in total. The highest BCUT2D eigenvalue weighted by Crippen LogP contribution is 2.26. The summed E-state index contributed by atoms with van der Waals surface area (Å²) in [4.78, 5) is 13.6. The summed E-state index contributed by atoms with van der Waals surface area (Å²) in [6, 6.07) is 3.60. The lowest BCUT2D eigenvalue weighted by Crippen LogP contribution is -2.25. The molecule has 0 bridgehead atoms. The van der Waals surface area contributed by atoms with Gasteiger partial charge >= 0.3 is 5.97 Å². The predicted octanol–water partition coefficient (Wildman–Crippen LogP) is 2.77. The average Bonchev–Trinajstić information content (AvgIpc) is 2.84. The Kier molecular flexibility index (Phi) is 5.04. The SMILES string of the molecule is Cc1cc(I)cc(C(=O)O)c1OCCN1CCCC1. The number of hydrogen-bond acceptors (Lipinski definition) is 3. The molecule has 0 atom stereocenters. The monoisotopic (exact) mass is 375 g/mol. The van der Waals surface area contributed by atoms with Gasteiger partial charge in [-0.1, -0.05) is 0 Å². The summed E-state index contributed by atoms with van der Waals surface area (Å²) in [5, 5.41) is 9.23. The van der Waals surface area contributed by atoms with Crippen LogP contribution in [0.4, 0.5) is 0 Å². The molecule has 0 unspecified atom stereocenters. The minimum Gasteiger partial charge on any atom is -0.491 e. The van der Waals surface area contributed by atoms with Crippen molar-refractivity contribution in [2.24, 2.45) is 0 Å². The van der Waals surface area contributed by atoms with Gasteiger partial charge in [0.15, 0.2) is 0 Å². The Morgan fingerprint density at radius 2 is 2.11 bits per heavy atom. The summed E-state index contributed by atoms with van der Waals surface area (Å²) in [6.45, 7) is 5.55. The fraction of sp³-hybridized carbons (Fsp3) is 0.500. The van der Waals surface area contributed by atoms with Crippen LogP contribution in [0.3, 0.4) is 0 Å². The zero-order chi connectivity index (χ0) is 13.8. The van der Waals surface area contributed by atoms with Crippen LogP contribution in [0.1, 0.15) is 28.8 Å². The maximum Gasteiger partial charge on any atom is 0.339 e. The number of carboxylic acid groups (broad SMARTS) is 1. The molecule has 0 spiro atoms. The van der Waals surface area contributed by atoms with Gasteiger partial charge in [-0.3, -0.25) is 4.90 Å². The van der Waals surface area contributed by atoms with Crippen LogP contribution in [0.5, 0.6) is 5.75 Å². The molecule has 0 amide bonds. The van der Waals surface area contributed by atoms with Crippen molar-refractivity contribution in [1.29, 1.82) is 0 Å². The number of benzene rings is 1. The predicted molar refractivity (Wildman–Crippen MR) is 82.0 cm³/mol. The second kappa shape index (κ2) is 6.56. The number of hydrogen-bond donors (Lipinski definition) is 1. The first-order valence-electron chi connectivity index (χ1n) is 6.46. The van der Waals surface area contributed by atoms with Crippen molar-refractivity contribution in [1.82, 2.24) is 4.90 Å². The molecule has 2 rings (SSSR count). The van der Waals surface area contributed by atoms with E-state index < -0.39 is 5.97 Å². The molecule has 1 aliphatic rings. The van der Waals surface area contributed by atoms with Crippen LogP contribution in [-0.2, 0) is 0 Å². The highest BCUT2D eigenvalue weighted by Gasteiger charge is 2.16. The van der Waals surface area contributed by atoms with Gasteiger partial charge in [0.2, 0.25) is 0 Å². The maximum absolute atomic E-state index is 11.3. The van der Waals surface area contributed by atoms with E-state index in [2.05, 4.69) is 27.5 Å². The van der Waals surface area contributed by atoms with Crippen LogP contribution in [0.25, 0.3) is 0 Å². The van der Waals surface area contributed by atoms with E-state index in [-0.39, 0.29) is 5.56 Å². The second-order valence-corrected chi connectivity index (χ2v) is 6.05. The third kappa shape index (κ3) is 3.82. The number of nitrogens with zero attached hydrogens (tertiary/aromatic N) is 1. The molecule has 5 heteroatoms. The first kappa shape index (κ1) is 14.6. The third-order valence-corrected chi connectivity index (χ3v) is 3.95. The van der Waals surface area contributed by atoms with Crippen molar-refractivity contribution in [2.45, 2.75) is 19.8 Å². The number of aryl methyl sites for hydroxylation is 1. The number of carbonyl (C=O) groups is 1. The van der Waals surface area contributed by atoms with Crippen LogP contribution >= 0.6 is 22.6 Å². The zero-order valence-corrected chi connectivity index (χ0v) is 13.1. The fourth-order valence-corrected chi connectivity index (χ4v) is 3.14. The van der Waals surface area contributed by atoms with E-state index in [0.717, 1.165) is 28.8 Å². The number of ether oxygens (including phenoxy) is 1. The Balaban J connectivity index is 2.03. The molecule has 1 saturated heterocycles. The Hall–Kier alpha value is -0.820. The summed E-state index contributed by atoms with van der Waals surface area (Å²) < 4.78 is 6.64. The topological polar surface area (TPSA) is 49.8 Å². The fourth-order valence-electron chi connectivity index (χ4n) is 2.36. The summed E-state index contributed by atoms with van der Waals surface area (Å²) in [5.74, 6) is -0.426. The Morgan fingerprint density at radius 3 is 2.74 bits per heavy atom. The van der Waals surface area contributed by atoms with Crippen LogP contribution in [0.15, 0.2) is 12.1 Å². The number of rotatable bonds is 5. The molecule has 1 aromatic rings. The van der Waals surface area contributed by atoms with Crippen molar-refractivity contribution in [3.63, 3.8) is 0 Å². The Labute approximate surface area is 126 Å². The van der Waals surface area contributed by atoms with E-state index in [0.29, 0.717) is 12.4 Å². The van der Waals surface area contributed by atoms with Gasteiger partial charge in [-0.15, -0.1) is 0 Å². The summed E-state index contributed by atoms with van der Waals surface area (Å²) in [7, 11) is 0. The van der Waals surface area contributed by atoms with Crippen LogP contribution in [0.2, 0.25) is 0 Å². The van der Waals surface area contributed by atoms with E-state index >= 15 is 0 Å². The van der Waals surface area contributed by atoms with Crippen LogP contribution in [-0.4, -0.2) is 42.2 Å². The van der Waals surface area contributed by atoms with Gasteiger partial charge in [-0.05, 0) is 73.1 Å². The Bertz CT molecular complexity index is 470. The minimum atomic E-state index is -0.933. The van der Waals surface area contributed by atoms with Gasteiger partial charge < -0.3 is 9.84 Å². The molecule has 1 N–H and O–H groups in total. The van der Waals surface area contributed by atoms with E-state index in [1.54, 1.807) is 6.07 Å². The molecule has 1 aliphatic heterocycles. The van der Waals surface area contributed by atoms with Crippen LogP contribution < -0.4 is 4.74 Å². The molecule has 0 aromatic heterocycles. The molecule has 19 heavy (non-hydrogen) atoms. The number of aromatic carboxylic acids is 1. The van der Waals surface area contributed by atoms with Crippen molar-refractivity contribution < 1.29 is 14.6 Å². The lowest BCUT2D eigenvalue weighted by Gasteiger charge is -2.17. The highest BCUT2D eigenvalue weighted by atomic mass is 127. The van der Waals surface area contributed by atoms with Gasteiger partial charge in [0.05, 0.1) is 0 Å². The zero-order valence-electron chi connectivity index (χ0n) is 11.0. The van der Waals surface area contributed by atoms with E-state index in [1.165, 1.54) is 12.8 Å². The first-order valence-corrected chi connectivity index (χ1v) is 7.54. The van der Waals surface area contributed by atoms with Crippen LogP contribution in [0, 0.1) is 10.5 Å². The number of halogens is 1. The molecule has 0 saturated carbocycles. The Morgan fingerprint density at radius 1 is 1.42 bits per heavy atom. The molecule has 1 fully saturated rings.